The molecule has 0 bridgehead atoms. The molecular formula is C36H45F2IN10O3. The number of alkyl halides is 1. The number of urea groups is 1. The molecule has 4 aliphatic heterocycles. The van der Waals surface area contributed by atoms with E-state index in [1.807, 2.05) is 22.6 Å². The number of aromatic amines is 2. The first-order chi connectivity index (χ1) is 25.6. The number of rotatable bonds is 3. The third-order valence-corrected chi connectivity index (χ3v) is 9.72. The monoisotopic (exact) mass is 831 g/mol. The van der Waals surface area contributed by atoms with Crippen molar-refractivity contribution in [1.29, 1.82) is 0 Å². The summed E-state index contributed by atoms with van der Waals surface area (Å²) < 4.78 is 32.7. The molecule has 2 aromatic heterocycles. The molecule has 0 unspecified atom stereocenters. The molecule has 8 rings (SSSR count). The number of nitrogens with two attached hydrogens (primary N) is 1. The van der Waals surface area contributed by atoms with Gasteiger partial charge in [0, 0.05) is 97.5 Å². The number of Topliss-reactive ketones (excluding diaryl/α,β-unsaturated/α-hetero) is 2. The number of carbonyl (C=O) groups excluding carboxylic acids is 3. The van der Waals surface area contributed by atoms with Gasteiger partial charge in [-0.25, -0.2) is 13.6 Å². The Labute approximate surface area is 316 Å². The van der Waals surface area contributed by atoms with E-state index >= 15 is 0 Å². The summed E-state index contributed by atoms with van der Waals surface area (Å²) in [6, 6.07) is 8.55. The van der Waals surface area contributed by atoms with Gasteiger partial charge in [0.2, 0.25) is 0 Å². The van der Waals surface area contributed by atoms with Crippen molar-refractivity contribution >= 4 is 51.6 Å². The highest BCUT2D eigenvalue weighted by atomic mass is 127. The number of anilines is 2. The van der Waals surface area contributed by atoms with Gasteiger partial charge in [0.25, 0.3) is 0 Å². The predicted molar refractivity (Wildman–Crippen MR) is 204 cm³/mol. The van der Waals surface area contributed by atoms with Crippen LogP contribution >= 0.6 is 22.6 Å². The van der Waals surface area contributed by atoms with Crippen molar-refractivity contribution in [3.63, 3.8) is 0 Å². The molecule has 0 aliphatic carbocycles. The molecule has 52 heavy (non-hydrogen) atoms. The van der Waals surface area contributed by atoms with E-state index < -0.39 is 5.82 Å². The van der Waals surface area contributed by atoms with Crippen LogP contribution in [0.25, 0.3) is 0 Å². The lowest BCUT2D eigenvalue weighted by atomic mass is 9.78. The number of fused-ring (bicyclic) bond motifs is 2. The van der Waals surface area contributed by atoms with Crippen molar-refractivity contribution in [2.45, 2.75) is 62.7 Å². The number of piperidine rings is 2. The molecule has 0 atom stereocenters. The topological polar surface area (TPSA) is 186 Å². The number of nitrogens with zero attached hydrogens (tertiary/aromatic N) is 3. The summed E-state index contributed by atoms with van der Waals surface area (Å²) >= 11 is 1.96. The lowest BCUT2D eigenvalue weighted by Crippen LogP contribution is -2.55. The summed E-state index contributed by atoms with van der Waals surface area (Å²) in [5.41, 5.74) is 9.08. The first-order valence-electron chi connectivity index (χ1n) is 17.7. The van der Waals surface area contributed by atoms with Crippen LogP contribution in [0.3, 0.4) is 0 Å². The molecule has 13 nitrogen and oxygen atoms in total. The van der Waals surface area contributed by atoms with Crippen LogP contribution in [0.1, 0.15) is 71.7 Å². The Bertz CT molecular complexity index is 1820. The number of carbonyl (C=O) groups is 3. The standard InChI is InChI=1S/C18H20FN5O2.C13H15FN2O.C4H7N3.CH3I/c19-13-1-2-15-14(7-13)16(25)8-18(23-15)3-5-24(6-4-18)17(26)20-9-12-10-21-22-11-12;14-9-1-2-11-10(7-9)12(17)8-13(16-11)3-5-15-6-4-13;5-1-4-2-6-7-3-4;1-2/h1-2,7,10-11,23H,3-6,8-9H2,(H,20,26)(H,21,22);1-2,7,15-16H,3-6,8H2;2-3H,1,5H2,(H,6,7);1H3/i;;;1D. The van der Waals surface area contributed by atoms with E-state index in [9.17, 15) is 23.2 Å². The molecule has 2 amide bonds. The predicted octanol–water partition coefficient (Wildman–Crippen LogP) is 5.16. The Morgan fingerprint density at radius 1 is 0.885 bits per heavy atom. The van der Waals surface area contributed by atoms with Crippen LogP contribution in [0.4, 0.5) is 25.0 Å². The Morgan fingerprint density at radius 2 is 1.38 bits per heavy atom. The fourth-order valence-corrected chi connectivity index (χ4v) is 6.88. The van der Waals surface area contributed by atoms with Crippen LogP contribution in [0.15, 0.2) is 61.2 Å². The van der Waals surface area contributed by atoms with Crippen LogP contribution in [0.2, 0.25) is 0 Å². The van der Waals surface area contributed by atoms with E-state index in [1.165, 1.54) is 24.3 Å². The average molecular weight is 832 g/mol. The maximum Gasteiger partial charge on any atom is 0.317 e. The minimum absolute atomic E-state index is 0.0453. The largest absolute Gasteiger partial charge is 0.378 e. The third-order valence-electron chi connectivity index (χ3n) is 9.72. The summed E-state index contributed by atoms with van der Waals surface area (Å²) in [6.07, 6.45) is 10.9. The molecule has 2 spiro atoms. The number of benzene rings is 2. The summed E-state index contributed by atoms with van der Waals surface area (Å²) in [7, 11) is 0. The van der Waals surface area contributed by atoms with Gasteiger partial charge in [-0.2, -0.15) is 10.2 Å². The minimum Gasteiger partial charge on any atom is -0.378 e. The van der Waals surface area contributed by atoms with Gasteiger partial charge in [0.15, 0.2) is 11.6 Å². The van der Waals surface area contributed by atoms with Crippen molar-refractivity contribution in [2.75, 3.05) is 41.7 Å². The second-order valence-corrected chi connectivity index (χ2v) is 13.2. The number of halogens is 3. The smallest absolute Gasteiger partial charge is 0.317 e. The van der Waals surface area contributed by atoms with E-state index in [2.05, 4.69) is 41.7 Å². The van der Waals surface area contributed by atoms with Crippen LogP contribution in [0, 0.1) is 11.6 Å². The highest BCUT2D eigenvalue weighted by Gasteiger charge is 2.42. The highest BCUT2D eigenvalue weighted by Crippen LogP contribution is 2.38. The molecule has 16 heteroatoms. The summed E-state index contributed by atoms with van der Waals surface area (Å²) in [4.78, 5) is 39.1. The minimum atomic E-state index is -0.404. The Hall–Kier alpha value is -4.42. The molecule has 0 radical (unpaired) electrons. The molecule has 2 saturated heterocycles. The van der Waals surface area contributed by atoms with Gasteiger partial charge in [-0.15, -0.1) is 0 Å². The first-order valence-corrected chi connectivity index (χ1v) is 18.6. The van der Waals surface area contributed by atoms with Gasteiger partial charge >= 0.3 is 6.03 Å². The quantitative estimate of drug-likeness (QED) is 0.108. The van der Waals surface area contributed by atoms with Crippen molar-refractivity contribution in [2.24, 2.45) is 5.73 Å². The summed E-state index contributed by atoms with van der Waals surface area (Å²) in [5, 5.41) is 25.9. The molecule has 4 aromatic rings. The zero-order valence-electron chi connectivity index (χ0n) is 29.7. The second-order valence-electron chi connectivity index (χ2n) is 13.2. The van der Waals surface area contributed by atoms with E-state index in [4.69, 9.17) is 7.10 Å². The first kappa shape index (κ1) is 37.3. The van der Waals surface area contributed by atoms with Gasteiger partial charge < -0.3 is 31.9 Å². The van der Waals surface area contributed by atoms with Gasteiger partial charge in [-0.1, -0.05) is 22.6 Å². The third kappa shape index (κ3) is 9.71. The van der Waals surface area contributed by atoms with E-state index in [0.717, 1.165) is 42.7 Å². The Kier molecular flexibility index (Phi) is 12.8. The maximum absolute atomic E-state index is 13.4. The molecule has 278 valence electrons. The number of likely N-dealkylation sites (tertiary alicyclic amines) is 1. The second kappa shape index (κ2) is 17.9. The molecule has 8 N–H and O–H groups in total. The number of amides is 2. The number of H-pyrrole nitrogens is 2. The molecular weight excluding hydrogens is 785 g/mol. The molecule has 2 aromatic carbocycles. The Morgan fingerprint density at radius 3 is 1.85 bits per heavy atom. The number of ketones is 2. The van der Waals surface area contributed by atoms with Crippen molar-refractivity contribution in [3.05, 3.63) is 95.1 Å². The van der Waals surface area contributed by atoms with Crippen molar-refractivity contribution in [3.8, 4) is 0 Å². The normalized spacial score (nSPS) is 18.0. The molecule has 4 aliphatic rings. The van der Waals surface area contributed by atoms with E-state index in [-0.39, 0.29) is 34.5 Å². The zero-order valence-corrected chi connectivity index (χ0v) is 30.9. The number of aromatic nitrogens is 4. The van der Waals surface area contributed by atoms with Gasteiger partial charge in [0.1, 0.15) is 11.6 Å². The van der Waals surface area contributed by atoms with Crippen LogP contribution in [0.5, 0.6) is 0 Å². The highest BCUT2D eigenvalue weighted by molar-refractivity contribution is 14.1. The number of hydrogen-bond acceptors (Lipinski definition) is 9. The summed E-state index contributed by atoms with van der Waals surface area (Å²) in [6.45, 7) is 3.97. The molecule has 2 fully saturated rings. The Balaban J connectivity index is 0.000000170. The SMILES string of the molecule is NCc1cn[nH]c1.O=C1CC2(CCN(C(=O)NCc3cn[nH]c3)CC2)Nc2ccc(F)cc21.O=C1CC2(CCNCC2)Nc2ccc(F)cc21.[2H]CI. The molecule has 0 saturated carbocycles. The average Bonchev–Trinajstić information content (AvgIpc) is 3.88. The van der Waals surface area contributed by atoms with Crippen molar-refractivity contribution < 1.29 is 24.5 Å². The fraction of sp³-hybridized carbons (Fsp3) is 0.417. The van der Waals surface area contributed by atoms with Crippen LogP contribution in [-0.2, 0) is 13.1 Å². The van der Waals surface area contributed by atoms with Crippen LogP contribution in [-0.4, -0.2) is 85.1 Å². The maximum atomic E-state index is 13.4. The number of hydrogen-bond donors (Lipinski definition) is 7. The van der Waals surface area contributed by atoms with E-state index in [1.54, 1.807) is 41.8 Å². The number of nitrogens with one attached hydrogen (secondary N) is 6. The van der Waals surface area contributed by atoms with Gasteiger partial charge in [0.05, 0.1) is 12.4 Å². The lowest BCUT2D eigenvalue weighted by molar-refractivity contribution is 0.0911. The van der Waals surface area contributed by atoms with Crippen molar-refractivity contribution in [1.82, 2.24) is 35.9 Å². The van der Waals surface area contributed by atoms with E-state index in [0.29, 0.717) is 73.6 Å². The lowest BCUT2D eigenvalue weighted by Gasteiger charge is -2.45. The zero-order chi connectivity index (χ0) is 37.8. The molecule has 6 heterocycles. The van der Waals surface area contributed by atoms with Gasteiger partial charge in [-0.3, -0.25) is 19.8 Å². The fourth-order valence-electron chi connectivity index (χ4n) is 6.88. The summed E-state index contributed by atoms with van der Waals surface area (Å²) in [5.74, 6) is -0.740. The van der Waals surface area contributed by atoms with Gasteiger partial charge in [-0.05, 0) is 80.1 Å². The van der Waals surface area contributed by atoms with Crippen LogP contribution < -0.4 is 27.0 Å².